The SMILES string of the molecule is CN1CC(CN2CCN(c3ccc4ncnc(OC5CCC5)c4c3)CC2)OCC1=O. The van der Waals surface area contributed by atoms with E-state index in [1.807, 2.05) is 7.05 Å². The third-order valence-corrected chi connectivity index (χ3v) is 6.46. The maximum atomic E-state index is 11.6. The van der Waals surface area contributed by atoms with E-state index in [0.717, 1.165) is 56.5 Å². The van der Waals surface area contributed by atoms with E-state index in [9.17, 15) is 4.79 Å². The molecule has 1 amide bonds. The predicted octanol–water partition coefficient (Wildman–Crippen LogP) is 1.54. The molecule has 3 fully saturated rings. The molecule has 0 spiro atoms. The first kappa shape index (κ1) is 19.5. The van der Waals surface area contributed by atoms with Crippen molar-refractivity contribution in [1.29, 1.82) is 0 Å². The van der Waals surface area contributed by atoms with Crippen LogP contribution in [0.25, 0.3) is 10.9 Å². The van der Waals surface area contributed by atoms with E-state index in [4.69, 9.17) is 9.47 Å². The maximum absolute atomic E-state index is 11.6. The second-order valence-corrected chi connectivity index (χ2v) is 8.55. The Bertz CT molecular complexity index is 911. The number of carbonyl (C=O) groups is 1. The summed E-state index contributed by atoms with van der Waals surface area (Å²) in [5, 5.41) is 0.993. The number of benzene rings is 1. The van der Waals surface area contributed by atoms with Crippen LogP contribution in [0.4, 0.5) is 5.69 Å². The smallest absolute Gasteiger partial charge is 0.248 e. The molecule has 5 rings (SSSR count). The highest BCUT2D eigenvalue weighted by molar-refractivity contribution is 5.86. The number of hydrogen-bond acceptors (Lipinski definition) is 7. The van der Waals surface area contributed by atoms with Crippen molar-refractivity contribution in [3.63, 3.8) is 0 Å². The zero-order valence-corrected chi connectivity index (χ0v) is 17.5. The van der Waals surface area contributed by atoms with Crippen LogP contribution in [0.15, 0.2) is 24.5 Å². The molecule has 1 aromatic heterocycles. The third kappa shape index (κ3) is 4.06. The summed E-state index contributed by atoms with van der Waals surface area (Å²) in [4.78, 5) is 27.0. The van der Waals surface area contributed by atoms with Gasteiger partial charge in [0.25, 0.3) is 0 Å². The molecule has 3 heterocycles. The zero-order valence-electron chi connectivity index (χ0n) is 17.5. The Labute approximate surface area is 176 Å². The van der Waals surface area contributed by atoms with Crippen LogP contribution in [0.3, 0.4) is 0 Å². The van der Waals surface area contributed by atoms with E-state index in [-0.39, 0.29) is 18.6 Å². The third-order valence-electron chi connectivity index (χ3n) is 6.46. The highest BCUT2D eigenvalue weighted by Crippen LogP contribution is 2.31. The van der Waals surface area contributed by atoms with E-state index >= 15 is 0 Å². The van der Waals surface area contributed by atoms with Crippen molar-refractivity contribution in [2.45, 2.75) is 31.5 Å². The van der Waals surface area contributed by atoms with Gasteiger partial charge >= 0.3 is 0 Å². The lowest BCUT2D eigenvalue weighted by Crippen LogP contribution is -2.53. The van der Waals surface area contributed by atoms with Crippen LogP contribution in [-0.2, 0) is 9.53 Å². The van der Waals surface area contributed by atoms with Gasteiger partial charge in [-0.2, -0.15) is 0 Å². The van der Waals surface area contributed by atoms with Crippen LogP contribution in [0.2, 0.25) is 0 Å². The summed E-state index contributed by atoms with van der Waals surface area (Å²) in [7, 11) is 1.85. The number of rotatable bonds is 5. The zero-order chi connectivity index (χ0) is 20.5. The molecule has 1 atom stereocenters. The van der Waals surface area contributed by atoms with E-state index < -0.39 is 0 Å². The van der Waals surface area contributed by atoms with E-state index in [1.54, 1.807) is 11.2 Å². The van der Waals surface area contributed by atoms with Crippen LogP contribution in [-0.4, -0.2) is 90.8 Å². The Morgan fingerprint density at radius 1 is 1.17 bits per heavy atom. The number of piperazine rings is 1. The number of likely N-dealkylation sites (N-methyl/N-ethyl adjacent to an activating group) is 1. The average molecular weight is 412 g/mol. The summed E-state index contributed by atoms with van der Waals surface area (Å²) < 4.78 is 11.8. The molecule has 2 aliphatic heterocycles. The number of nitrogens with zero attached hydrogens (tertiary/aromatic N) is 5. The molecule has 1 unspecified atom stereocenters. The molecule has 0 N–H and O–H groups in total. The van der Waals surface area contributed by atoms with Gasteiger partial charge in [-0.1, -0.05) is 0 Å². The Hall–Kier alpha value is -2.45. The predicted molar refractivity (Wildman–Crippen MR) is 114 cm³/mol. The van der Waals surface area contributed by atoms with E-state index in [0.29, 0.717) is 18.5 Å². The highest BCUT2D eigenvalue weighted by atomic mass is 16.5. The molecule has 160 valence electrons. The minimum atomic E-state index is 0.0667. The van der Waals surface area contributed by atoms with Crippen molar-refractivity contribution in [2.75, 3.05) is 57.8 Å². The average Bonchev–Trinajstić information content (AvgIpc) is 2.74. The number of fused-ring (bicyclic) bond motifs is 1. The molecule has 1 aromatic carbocycles. The summed E-state index contributed by atoms with van der Waals surface area (Å²) in [6, 6.07) is 6.38. The summed E-state index contributed by atoms with van der Waals surface area (Å²) in [6.07, 6.45) is 5.45. The standard InChI is InChI=1S/C22H29N5O3/c1-25-12-18(29-14-21(25)28)13-26-7-9-27(10-8-26)16-5-6-20-19(11-16)22(24-15-23-20)30-17-3-2-4-17/h5-6,11,15,17-18H,2-4,7-10,12-14H2,1H3. The van der Waals surface area contributed by atoms with Gasteiger partial charge in [-0.3, -0.25) is 9.69 Å². The number of morpholine rings is 1. The van der Waals surface area contributed by atoms with Gasteiger partial charge in [0.05, 0.1) is 17.0 Å². The van der Waals surface area contributed by atoms with Gasteiger partial charge in [0.15, 0.2) is 0 Å². The molecule has 2 saturated heterocycles. The Morgan fingerprint density at radius 3 is 2.73 bits per heavy atom. The molecular formula is C22H29N5O3. The fraction of sp³-hybridized carbons (Fsp3) is 0.591. The summed E-state index contributed by atoms with van der Waals surface area (Å²) in [5.74, 6) is 0.773. The van der Waals surface area contributed by atoms with Gasteiger partial charge < -0.3 is 19.3 Å². The van der Waals surface area contributed by atoms with Gasteiger partial charge in [0, 0.05) is 52.0 Å². The molecule has 1 saturated carbocycles. The number of carbonyl (C=O) groups excluding carboxylic acids is 1. The number of aromatic nitrogens is 2. The summed E-state index contributed by atoms with van der Waals surface area (Å²) in [5.41, 5.74) is 2.12. The van der Waals surface area contributed by atoms with Crippen LogP contribution in [0.5, 0.6) is 5.88 Å². The highest BCUT2D eigenvalue weighted by Gasteiger charge is 2.27. The number of hydrogen-bond donors (Lipinski definition) is 0. The molecule has 0 radical (unpaired) electrons. The van der Waals surface area contributed by atoms with Crippen molar-refractivity contribution >= 4 is 22.5 Å². The van der Waals surface area contributed by atoms with Crippen LogP contribution < -0.4 is 9.64 Å². The number of amides is 1. The largest absolute Gasteiger partial charge is 0.474 e. The monoisotopic (exact) mass is 411 g/mol. The fourth-order valence-corrected chi connectivity index (χ4v) is 4.30. The topological polar surface area (TPSA) is 71.0 Å². The lowest BCUT2D eigenvalue weighted by molar-refractivity contribution is -0.147. The molecule has 1 aliphatic carbocycles. The minimum Gasteiger partial charge on any atom is -0.474 e. The number of ether oxygens (including phenoxy) is 2. The maximum Gasteiger partial charge on any atom is 0.248 e. The van der Waals surface area contributed by atoms with E-state index in [2.05, 4.69) is 38.0 Å². The first-order valence-electron chi connectivity index (χ1n) is 10.9. The first-order chi connectivity index (χ1) is 14.7. The lowest BCUT2D eigenvalue weighted by Gasteiger charge is -2.39. The Morgan fingerprint density at radius 2 is 2.00 bits per heavy atom. The van der Waals surface area contributed by atoms with Gasteiger partial charge in [-0.25, -0.2) is 9.97 Å². The van der Waals surface area contributed by atoms with Gasteiger partial charge in [-0.15, -0.1) is 0 Å². The molecule has 8 nitrogen and oxygen atoms in total. The van der Waals surface area contributed by atoms with Crippen LogP contribution in [0, 0.1) is 0 Å². The van der Waals surface area contributed by atoms with Crippen molar-refractivity contribution < 1.29 is 14.3 Å². The Balaban J connectivity index is 1.22. The van der Waals surface area contributed by atoms with Crippen molar-refractivity contribution in [3.8, 4) is 5.88 Å². The molecular weight excluding hydrogens is 382 g/mol. The number of anilines is 1. The Kier molecular flexibility index (Phi) is 5.43. The van der Waals surface area contributed by atoms with Gasteiger partial charge in [-0.05, 0) is 37.5 Å². The molecule has 3 aliphatic rings. The quantitative estimate of drug-likeness (QED) is 0.739. The van der Waals surface area contributed by atoms with Gasteiger partial charge in [0.1, 0.15) is 19.0 Å². The second kappa shape index (κ2) is 8.35. The van der Waals surface area contributed by atoms with Crippen molar-refractivity contribution in [2.24, 2.45) is 0 Å². The summed E-state index contributed by atoms with van der Waals surface area (Å²) >= 11 is 0. The lowest BCUT2D eigenvalue weighted by atomic mass is 9.96. The summed E-state index contributed by atoms with van der Waals surface area (Å²) in [6.45, 7) is 5.62. The minimum absolute atomic E-state index is 0.0667. The van der Waals surface area contributed by atoms with Crippen molar-refractivity contribution in [3.05, 3.63) is 24.5 Å². The van der Waals surface area contributed by atoms with Crippen molar-refractivity contribution in [1.82, 2.24) is 19.8 Å². The van der Waals surface area contributed by atoms with Crippen LogP contribution in [0.1, 0.15) is 19.3 Å². The first-order valence-corrected chi connectivity index (χ1v) is 10.9. The molecule has 8 heteroatoms. The molecule has 0 bridgehead atoms. The van der Waals surface area contributed by atoms with E-state index in [1.165, 1.54) is 12.1 Å². The fourth-order valence-electron chi connectivity index (χ4n) is 4.30. The molecule has 2 aromatic rings. The molecule has 30 heavy (non-hydrogen) atoms. The normalized spacial score (nSPS) is 23.6. The second-order valence-electron chi connectivity index (χ2n) is 8.55. The van der Waals surface area contributed by atoms with Crippen LogP contribution >= 0.6 is 0 Å². The van der Waals surface area contributed by atoms with Gasteiger partial charge in [0.2, 0.25) is 11.8 Å².